The Balaban J connectivity index is 3.74. The molecule has 1 amide bonds. The molecule has 0 rings (SSSR count). The third-order valence-corrected chi connectivity index (χ3v) is 2.19. The first-order chi connectivity index (χ1) is 5.99. The summed E-state index contributed by atoms with van der Waals surface area (Å²) in [5.41, 5.74) is 5.55. The molecule has 0 heterocycles. The number of carbonyl (C=O) groups excluding carboxylic acids is 1. The summed E-state index contributed by atoms with van der Waals surface area (Å²) in [5, 5.41) is 11.8. The van der Waals surface area contributed by atoms with Crippen molar-refractivity contribution < 1.29 is 9.90 Å². The summed E-state index contributed by atoms with van der Waals surface area (Å²) in [7, 11) is 0. The van der Waals surface area contributed by atoms with Crippen LogP contribution in [0.3, 0.4) is 0 Å². The summed E-state index contributed by atoms with van der Waals surface area (Å²) in [5.74, 6) is -0.299. The molecule has 0 aliphatic rings. The van der Waals surface area contributed by atoms with Gasteiger partial charge in [0.25, 0.3) is 0 Å². The third-order valence-electron chi connectivity index (χ3n) is 2.19. The van der Waals surface area contributed by atoms with E-state index in [1.807, 2.05) is 6.92 Å². The molecule has 0 fully saturated rings. The normalized spacial score (nSPS) is 17.6. The Hall–Kier alpha value is -0.610. The van der Waals surface area contributed by atoms with Gasteiger partial charge in [0.15, 0.2) is 0 Å². The van der Waals surface area contributed by atoms with Crippen LogP contribution in [0.15, 0.2) is 0 Å². The number of hydrogen-bond acceptors (Lipinski definition) is 3. The summed E-state index contributed by atoms with van der Waals surface area (Å²) >= 11 is 0. The second-order valence-corrected chi connectivity index (χ2v) is 3.46. The zero-order chi connectivity index (χ0) is 10.4. The number of aliphatic hydroxyl groups excluding tert-OH is 1. The zero-order valence-electron chi connectivity index (χ0n) is 8.58. The van der Waals surface area contributed by atoms with Gasteiger partial charge in [-0.05, 0) is 13.3 Å². The Kier molecular flexibility index (Phi) is 5.66. The largest absolute Gasteiger partial charge is 0.391 e. The number of nitrogens with one attached hydrogen (secondary N) is 1. The van der Waals surface area contributed by atoms with Crippen molar-refractivity contribution in [1.29, 1.82) is 0 Å². The van der Waals surface area contributed by atoms with Gasteiger partial charge in [0.2, 0.25) is 5.91 Å². The van der Waals surface area contributed by atoms with E-state index in [-0.39, 0.29) is 17.9 Å². The van der Waals surface area contributed by atoms with Crippen molar-refractivity contribution in [3.63, 3.8) is 0 Å². The van der Waals surface area contributed by atoms with Crippen molar-refractivity contribution in [2.75, 3.05) is 6.54 Å². The van der Waals surface area contributed by atoms with E-state index in [4.69, 9.17) is 5.73 Å². The van der Waals surface area contributed by atoms with E-state index in [1.165, 1.54) is 0 Å². The molecular weight excluding hydrogens is 168 g/mol. The maximum absolute atomic E-state index is 11.3. The lowest BCUT2D eigenvalue weighted by Crippen LogP contribution is -2.41. The van der Waals surface area contributed by atoms with Crippen LogP contribution in [-0.4, -0.2) is 29.7 Å². The van der Waals surface area contributed by atoms with Gasteiger partial charge in [-0.15, -0.1) is 0 Å². The molecule has 3 atom stereocenters. The van der Waals surface area contributed by atoms with E-state index in [1.54, 1.807) is 13.8 Å². The minimum Gasteiger partial charge on any atom is -0.391 e. The second-order valence-electron chi connectivity index (χ2n) is 3.46. The molecule has 4 nitrogen and oxygen atoms in total. The molecular formula is C9H20N2O2. The highest BCUT2D eigenvalue weighted by atomic mass is 16.3. The van der Waals surface area contributed by atoms with Crippen molar-refractivity contribution in [3.8, 4) is 0 Å². The van der Waals surface area contributed by atoms with Crippen LogP contribution in [0.4, 0.5) is 0 Å². The number of hydrogen-bond donors (Lipinski definition) is 3. The summed E-state index contributed by atoms with van der Waals surface area (Å²) in [4.78, 5) is 11.3. The molecule has 4 N–H and O–H groups in total. The molecule has 0 bridgehead atoms. The fourth-order valence-electron chi connectivity index (χ4n) is 0.763. The van der Waals surface area contributed by atoms with Gasteiger partial charge in [0, 0.05) is 18.5 Å². The Bertz CT molecular complexity index is 160. The maximum atomic E-state index is 11.3. The minimum atomic E-state index is -0.454. The predicted molar refractivity (Wildman–Crippen MR) is 52.1 cm³/mol. The van der Waals surface area contributed by atoms with Gasteiger partial charge < -0.3 is 16.2 Å². The topological polar surface area (TPSA) is 75.3 Å². The molecule has 0 saturated carbocycles. The quantitative estimate of drug-likeness (QED) is 0.562. The number of rotatable bonds is 5. The number of carbonyl (C=O) groups is 1. The molecule has 4 heteroatoms. The molecule has 13 heavy (non-hydrogen) atoms. The van der Waals surface area contributed by atoms with Gasteiger partial charge in [-0.2, -0.15) is 0 Å². The van der Waals surface area contributed by atoms with Gasteiger partial charge in [-0.3, -0.25) is 4.79 Å². The molecule has 0 aliphatic carbocycles. The molecule has 0 aliphatic heterocycles. The highest BCUT2D eigenvalue weighted by Crippen LogP contribution is 1.99. The Morgan fingerprint density at radius 1 is 1.54 bits per heavy atom. The van der Waals surface area contributed by atoms with Crippen LogP contribution < -0.4 is 11.1 Å². The summed E-state index contributed by atoms with van der Waals surface area (Å²) < 4.78 is 0. The van der Waals surface area contributed by atoms with Crippen LogP contribution in [0, 0.1) is 5.92 Å². The van der Waals surface area contributed by atoms with E-state index >= 15 is 0 Å². The minimum absolute atomic E-state index is 0.0949. The highest BCUT2D eigenvalue weighted by Gasteiger charge is 2.16. The summed E-state index contributed by atoms with van der Waals surface area (Å²) in [6.45, 7) is 5.75. The lowest BCUT2D eigenvalue weighted by atomic mass is 10.0. The summed E-state index contributed by atoms with van der Waals surface area (Å²) in [6.07, 6.45) is 0.191. The van der Waals surface area contributed by atoms with Crippen LogP contribution >= 0.6 is 0 Å². The zero-order valence-corrected chi connectivity index (χ0v) is 8.58. The Labute approximate surface area is 79.5 Å². The fraction of sp³-hybridized carbons (Fsp3) is 0.889. The standard InChI is InChI=1S/C9H20N2O2/c1-4-8(12)5-11-9(13)6(2)7(3)10/h6-8,12H,4-5,10H2,1-3H3,(H,11,13). The molecule has 0 aromatic carbocycles. The monoisotopic (exact) mass is 188 g/mol. The molecule has 0 saturated heterocycles. The molecule has 3 unspecified atom stereocenters. The van der Waals surface area contributed by atoms with Gasteiger partial charge in [0.1, 0.15) is 0 Å². The van der Waals surface area contributed by atoms with Crippen LogP contribution in [0.2, 0.25) is 0 Å². The number of nitrogens with two attached hydrogens (primary N) is 1. The Morgan fingerprint density at radius 2 is 2.08 bits per heavy atom. The molecule has 0 spiro atoms. The fourth-order valence-corrected chi connectivity index (χ4v) is 0.763. The highest BCUT2D eigenvalue weighted by molar-refractivity contribution is 5.78. The first-order valence-corrected chi connectivity index (χ1v) is 4.70. The maximum Gasteiger partial charge on any atom is 0.224 e. The smallest absolute Gasteiger partial charge is 0.224 e. The Morgan fingerprint density at radius 3 is 2.46 bits per heavy atom. The number of aliphatic hydroxyl groups is 1. The van der Waals surface area contributed by atoms with Crippen molar-refractivity contribution in [2.24, 2.45) is 11.7 Å². The van der Waals surface area contributed by atoms with E-state index < -0.39 is 6.10 Å². The summed E-state index contributed by atoms with van der Waals surface area (Å²) in [6, 6.07) is -0.154. The first kappa shape index (κ1) is 12.4. The molecule has 0 aromatic rings. The third kappa shape index (κ3) is 4.85. The van der Waals surface area contributed by atoms with E-state index in [9.17, 15) is 9.90 Å². The van der Waals surface area contributed by atoms with Gasteiger partial charge >= 0.3 is 0 Å². The van der Waals surface area contributed by atoms with Crippen LogP contribution in [0.25, 0.3) is 0 Å². The van der Waals surface area contributed by atoms with E-state index in [0.29, 0.717) is 13.0 Å². The molecule has 78 valence electrons. The molecule has 0 aromatic heterocycles. The van der Waals surface area contributed by atoms with Crippen LogP contribution in [-0.2, 0) is 4.79 Å². The lowest BCUT2D eigenvalue weighted by molar-refractivity contribution is -0.125. The van der Waals surface area contributed by atoms with Crippen molar-refractivity contribution in [3.05, 3.63) is 0 Å². The SMILES string of the molecule is CCC(O)CNC(=O)C(C)C(C)N. The van der Waals surface area contributed by atoms with Gasteiger partial charge in [-0.1, -0.05) is 13.8 Å². The van der Waals surface area contributed by atoms with Crippen LogP contribution in [0.1, 0.15) is 27.2 Å². The van der Waals surface area contributed by atoms with Gasteiger partial charge in [0.05, 0.1) is 6.10 Å². The number of amides is 1. The van der Waals surface area contributed by atoms with E-state index in [0.717, 1.165) is 0 Å². The van der Waals surface area contributed by atoms with Crippen LogP contribution in [0.5, 0.6) is 0 Å². The average Bonchev–Trinajstić information content (AvgIpc) is 2.11. The second kappa shape index (κ2) is 5.94. The lowest BCUT2D eigenvalue weighted by Gasteiger charge is -2.16. The van der Waals surface area contributed by atoms with Crippen molar-refractivity contribution >= 4 is 5.91 Å². The van der Waals surface area contributed by atoms with Crippen molar-refractivity contribution in [2.45, 2.75) is 39.3 Å². The first-order valence-electron chi connectivity index (χ1n) is 4.70. The van der Waals surface area contributed by atoms with Crippen molar-refractivity contribution in [1.82, 2.24) is 5.32 Å². The average molecular weight is 188 g/mol. The molecule has 0 radical (unpaired) electrons. The van der Waals surface area contributed by atoms with E-state index in [2.05, 4.69) is 5.32 Å². The van der Waals surface area contributed by atoms with Gasteiger partial charge in [-0.25, -0.2) is 0 Å². The predicted octanol–water partition coefficient (Wildman–Crippen LogP) is -0.143.